The molecule has 1 atom stereocenters. The van der Waals surface area contributed by atoms with Crippen LogP contribution in [0.4, 0.5) is 0 Å². The molecule has 19 heavy (non-hydrogen) atoms. The first-order chi connectivity index (χ1) is 8.99. The molecule has 1 heterocycles. The third-order valence-electron chi connectivity index (χ3n) is 3.02. The minimum absolute atomic E-state index is 0.545. The standard InChI is InChI=1S/C12H17BN2.C2H4O2/c1-11-9-15(13)8-7-14(11)10-12-5-3-2-4-6-12;1-2(3)4/h2-6,11H,7-10H2,1H3;1H3,(H,3,4). The molecule has 1 aromatic carbocycles. The van der Waals surface area contributed by atoms with Crippen LogP contribution in [-0.2, 0) is 11.3 Å². The summed E-state index contributed by atoms with van der Waals surface area (Å²) in [6, 6.07) is 11.2. The Morgan fingerprint density at radius 2 is 1.95 bits per heavy atom. The van der Waals surface area contributed by atoms with Crippen molar-refractivity contribution < 1.29 is 9.90 Å². The highest BCUT2D eigenvalue weighted by molar-refractivity contribution is 6.04. The van der Waals surface area contributed by atoms with Crippen LogP contribution in [0.2, 0.25) is 0 Å². The van der Waals surface area contributed by atoms with Gasteiger partial charge >= 0.3 is 0 Å². The number of hydrogen-bond acceptors (Lipinski definition) is 3. The lowest BCUT2D eigenvalue weighted by Gasteiger charge is -2.38. The van der Waals surface area contributed by atoms with Crippen LogP contribution in [0.1, 0.15) is 19.4 Å². The van der Waals surface area contributed by atoms with Crippen molar-refractivity contribution >= 4 is 14.0 Å². The Balaban J connectivity index is 0.000000399. The highest BCUT2D eigenvalue weighted by atomic mass is 16.4. The summed E-state index contributed by atoms with van der Waals surface area (Å²) < 4.78 is 0. The summed E-state index contributed by atoms with van der Waals surface area (Å²) >= 11 is 0. The summed E-state index contributed by atoms with van der Waals surface area (Å²) in [7, 11) is 5.79. The monoisotopic (exact) mass is 260 g/mol. The fraction of sp³-hybridized carbons (Fsp3) is 0.500. The van der Waals surface area contributed by atoms with Crippen LogP contribution < -0.4 is 0 Å². The molecular formula is C14H21BN2O2. The molecule has 0 saturated carbocycles. The van der Waals surface area contributed by atoms with Gasteiger partial charge in [-0.2, -0.15) is 0 Å². The van der Waals surface area contributed by atoms with Crippen molar-refractivity contribution in [1.82, 2.24) is 9.71 Å². The Labute approximate surface area is 116 Å². The summed E-state index contributed by atoms with van der Waals surface area (Å²) in [6.07, 6.45) is 0. The van der Waals surface area contributed by atoms with Gasteiger partial charge < -0.3 is 9.92 Å². The van der Waals surface area contributed by atoms with Gasteiger partial charge in [-0.25, -0.2) is 0 Å². The summed E-state index contributed by atoms with van der Waals surface area (Å²) in [5.41, 5.74) is 1.38. The van der Waals surface area contributed by atoms with E-state index in [1.807, 2.05) is 4.81 Å². The topological polar surface area (TPSA) is 43.8 Å². The third-order valence-corrected chi connectivity index (χ3v) is 3.02. The number of rotatable bonds is 2. The lowest BCUT2D eigenvalue weighted by Crippen LogP contribution is -2.50. The number of aliphatic carboxylic acids is 1. The Bertz CT molecular complexity index is 382. The Kier molecular flexibility index (Phi) is 6.60. The van der Waals surface area contributed by atoms with Crippen LogP contribution in [0.25, 0.3) is 0 Å². The SMILES string of the molecule is CC(=O)O.[B]N1CCN(Cc2ccccc2)C(C)C1. The van der Waals surface area contributed by atoms with Crippen LogP contribution >= 0.6 is 0 Å². The van der Waals surface area contributed by atoms with Crippen molar-refractivity contribution in [2.45, 2.75) is 26.4 Å². The highest BCUT2D eigenvalue weighted by Crippen LogP contribution is 2.12. The number of nitrogens with zero attached hydrogens (tertiary/aromatic N) is 2. The van der Waals surface area contributed by atoms with Crippen LogP contribution in [0.15, 0.2) is 30.3 Å². The smallest absolute Gasteiger partial charge is 0.300 e. The number of piperazine rings is 1. The van der Waals surface area contributed by atoms with Crippen molar-refractivity contribution in [3.63, 3.8) is 0 Å². The Morgan fingerprint density at radius 1 is 1.37 bits per heavy atom. The van der Waals surface area contributed by atoms with Crippen molar-refractivity contribution in [2.75, 3.05) is 19.6 Å². The summed E-state index contributed by atoms with van der Waals surface area (Å²) in [4.78, 5) is 13.4. The van der Waals surface area contributed by atoms with E-state index in [0.717, 1.165) is 33.1 Å². The normalized spacial score (nSPS) is 20.4. The quantitative estimate of drug-likeness (QED) is 0.815. The van der Waals surface area contributed by atoms with Crippen LogP contribution in [0, 0.1) is 0 Å². The molecule has 102 valence electrons. The maximum absolute atomic E-state index is 9.00. The molecule has 5 heteroatoms. The number of hydrogen-bond donors (Lipinski definition) is 1. The molecule has 1 N–H and O–H groups in total. The molecule has 2 radical (unpaired) electrons. The van der Waals surface area contributed by atoms with E-state index in [1.165, 1.54) is 5.56 Å². The van der Waals surface area contributed by atoms with Gasteiger partial charge in [-0.1, -0.05) is 30.3 Å². The summed E-state index contributed by atoms with van der Waals surface area (Å²) in [6.45, 7) is 7.36. The van der Waals surface area contributed by atoms with Gasteiger partial charge in [-0.05, 0) is 19.0 Å². The fourth-order valence-electron chi connectivity index (χ4n) is 2.08. The van der Waals surface area contributed by atoms with E-state index < -0.39 is 5.97 Å². The van der Waals surface area contributed by atoms with Gasteiger partial charge in [0.05, 0.1) is 0 Å². The molecule has 0 aliphatic carbocycles. The number of benzene rings is 1. The highest BCUT2D eigenvalue weighted by Gasteiger charge is 2.20. The van der Waals surface area contributed by atoms with Gasteiger partial charge in [0.25, 0.3) is 5.97 Å². The van der Waals surface area contributed by atoms with E-state index in [1.54, 1.807) is 0 Å². The second kappa shape index (κ2) is 7.97. The summed E-state index contributed by atoms with van der Waals surface area (Å²) in [5, 5.41) is 7.42. The predicted molar refractivity (Wildman–Crippen MR) is 77.0 cm³/mol. The zero-order valence-electron chi connectivity index (χ0n) is 11.6. The number of carbonyl (C=O) groups is 1. The fourth-order valence-corrected chi connectivity index (χ4v) is 2.08. The molecule has 0 bridgehead atoms. The van der Waals surface area contributed by atoms with Crippen molar-refractivity contribution in [2.24, 2.45) is 0 Å². The second-order valence-corrected chi connectivity index (χ2v) is 4.82. The second-order valence-electron chi connectivity index (χ2n) is 4.82. The van der Waals surface area contributed by atoms with E-state index in [0.29, 0.717) is 6.04 Å². The lowest BCUT2D eigenvalue weighted by atomic mass is 10.1. The molecule has 1 unspecified atom stereocenters. The average molecular weight is 260 g/mol. The largest absolute Gasteiger partial charge is 0.481 e. The van der Waals surface area contributed by atoms with E-state index >= 15 is 0 Å². The minimum atomic E-state index is -0.833. The van der Waals surface area contributed by atoms with E-state index in [9.17, 15) is 0 Å². The number of carboxylic acids is 1. The minimum Gasteiger partial charge on any atom is -0.481 e. The molecule has 0 amide bonds. The molecule has 1 aliphatic heterocycles. The third kappa shape index (κ3) is 6.41. The van der Waals surface area contributed by atoms with E-state index in [2.05, 4.69) is 42.2 Å². The molecule has 1 saturated heterocycles. The lowest BCUT2D eigenvalue weighted by molar-refractivity contribution is -0.134. The molecule has 2 rings (SSSR count). The predicted octanol–water partition coefficient (Wildman–Crippen LogP) is 1.37. The first-order valence-electron chi connectivity index (χ1n) is 6.46. The van der Waals surface area contributed by atoms with Gasteiger partial charge in [0, 0.05) is 32.6 Å². The van der Waals surface area contributed by atoms with Crippen LogP contribution in [0.5, 0.6) is 0 Å². The Hall–Kier alpha value is -1.33. The molecule has 0 spiro atoms. The van der Waals surface area contributed by atoms with Gasteiger partial charge in [0.1, 0.15) is 0 Å². The van der Waals surface area contributed by atoms with Crippen molar-refractivity contribution in [3.8, 4) is 0 Å². The number of carboxylic acid groups (broad SMARTS) is 1. The molecule has 0 aromatic heterocycles. The van der Waals surface area contributed by atoms with Gasteiger partial charge in [-0.3, -0.25) is 9.69 Å². The van der Waals surface area contributed by atoms with E-state index in [-0.39, 0.29) is 0 Å². The first-order valence-corrected chi connectivity index (χ1v) is 6.46. The van der Waals surface area contributed by atoms with Crippen molar-refractivity contribution in [1.29, 1.82) is 0 Å². The van der Waals surface area contributed by atoms with Crippen molar-refractivity contribution in [3.05, 3.63) is 35.9 Å². The average Bonchev–Trinajstić information content (AvgIpc) is 2.33. The maximum Gasteiger partial charge on any atom is 0.300 e. The zero-order valence-corrected chi connectivity index (χ0v) is 11.6. The molecule has 1 aromatic rings. The van der Waals surface area contributed by atoms with E-state index in [4.69, 9.17) is 17.9 Å². The molecule has 1 fully saturated rings. The van der Waals surface area contributed by atoms with Gasteiger partial charge in [0.2, 0.25) is 0 Å². The first kappa shape index (κ1) is 15.7. The molecule has 1 aliphatic rings. The van der Waals surface area contributed by atoms with Crippen LogP contribution in [0.3, 0.4) is 0 Å². The zero-order chi connectivity index (χ0) is 14.3. The van der Waals surface area contributed by atoms with Crippen LogP contribution in [-0.4, -0.2) is 54.4 Å². The summed E-state index contributed by atoms with van der Waals surface area (Å²) in [5.74, 6) is -0.833. The van der Waals surface area contributed by atoms with Gasteiger partial charge in [-0.15, -0.1) is 0 Å². The Morgan fingerprint density at radius 3 is 2.47 bits per heavy atom. The maximum atomic E-state index is 9.00. The molecule has 4 nitrogen and oxygen atoms in total. The van der Waals surface area contributed by atoms with Gasteiger partial charge in [0.15, 0.2) is 7.98 Å². The molecular weight excluding hydrogens is 239 g/mol.